The van der Waals surface area contributed by atoms with Crippen LogP contribution in [0.5, 0.6) is 0 Å². The Morgan fingerprint density at radius 2 is 1.56 bits per heavy atom. The van der Waals surface area contributed by atoms with Crippen molar-refractivity contribution in [2.45, 2.75) is 53.0 Å². The first-order chi connectivity index (χ1) is 19.9. The quantitative estimate of drug-likeness (QED) is 0.0534. The Kier molecular flexibility index (Phi) is 8.55. The van der Waals surface area contributed by atoms with Crippen LogP contribution in [0, 0.1) is 6.92 Å². The van der Waals surface area contributed by atoms with E-state index < -0.39 is 5.97 Å². The van der Waals surface area contributed by atoms with E-state index >= 15 is 0 Å². The van der Waals surface area contributed by atoms with Crippen LogP contribution in [-0.4, -0.2) is 27.8 Å². The molecule has 2 aromatic heterocycles. The molecule has 0 aliphatic rings. The van der Waals surface area contributed by atoms with Gasteiger partial charge in [-0.3, -0.25) is 9.59 Å². The fraction of sp³-hybridized carbons (Fsp3) is 0.235. The van der Waals surface area contributed by atoms with Crippen LogP contribution in [0.2, 0.25) is 0 Å². The third kappa shape index (κ3) is 5.91. The number of rotatable bonds is 11. The number of hydrogen-bond donors (Lipinski definition) is 0. The normalized spacial score (nSPS) is 11.7. The summed E-state index contributed by atoms with van der Waals surface area (Å²) in [5, 5.41) is 7.68. The van der Waals surface area contributed by atoms with Crippen LogP contribution in [-0.2, 0) is 16.2 Å². The highest BCUT2D eigenvalue weighted by Crippen LogP contribution is 2.32. The van der Waals surface area contributed by atoms with Gasteiger partial charge in [-0.25, -0.2) is 4.79 Å². The molecule has 0 N–H and O–H groups in total. The van der Waals surface area contributed by atoms with Gasteiger partial charge in [-0.15, -0.1) is 11.3 Å². The van der Waals surface area contributed by atoms with Crippen molar-refractivity contribution >= 4 is 56.4 Å². The van der Waals surface area contributed by atoms with Gasteiger partial charge in [0.2, 0.25) is 11.6 Å². The molecule has 0 unspecified atom stereocenters. The predicted octanol–water partition coefficient (Wildman–Crippen LogP) is 8.13. The lowest BCUT2D eigenvalue weighted by Crippen LogP contribution is -2.18. The summed E-state index contributed by atoms with van der Waals surface area (Å²) in [7, 11) is 0. The van der Waals surface area contributed by atoms with Crippen LogP contribution >= 0.6 is 11.3 Å². The van der Waals surface area contributed by atoms with Gasteiger partial charge < -0.3 is 9.40 Å². The van der Waals surface area contributed by atoms with E-state index in [0.717, 1.165) is 53.2 Å². The van der Waals surface area contributed by atoms with E-state index in [-0.39, 0.29) is 17.3 Å². The highest BCUT2D eigenvalue weighted by Gasteiger charge is 2.22. The van der Waals surface area contributed by atoms with Crippen molar-refractivity contribution in [3.63, 3.8) is 0 Å². The molecule has 41 heavy (non-hydrogen) atoms. The van der Waals surface area contributed by atoms with E-state index in [9.17, 15) is 14.4 Å². The Labute approximate surface area is 243 Å². The fourth-order valence-electron chi connectivity index (χ4n) is 5.17. The van der Waals surface area contributed by atoms with E-state index in [2.05, 4.69) is 16.6 Å². The zero-order valence-corrected chi connectivity index (χ0v) is 24.3. The molecular weight excluding hydrogens is 532 g/mol. The number of thiophene rings is 1. The molecule has 0 aliphatic carbocycles. The summed E-state index contributed by atoms with van der Waals surface area (Å²) in [5.74, 6) is -0.973. The monoisotopic (exact) mass is 564 g/mol. The summed E-state index contributed by atoms with van der Waals surface area (Å²) in [6.45, 7) is 6.17. The topological polar surface area (TPSA) is 77.7 Å². The average Bonchev–Trinajstić information content (AvgIpc) is 3.62. The Hall–Kier alpha value is -4.36. The van der Waals surface area contributed by atoms with Crippen LogP contribution in [0.4, 0.5) is 0 Å². The van der Waals surface area contributed by atoms with Crippen LogP contribution < -0.4 is 0 Å². The molecule has 5 aromatic rings. The molecule has 0 radical (unpaired) electrons. The number of oxime groups is 1. The van der Waals surface area contributed by atoms with Crippen LogP contribution in [0.15, 0.2) is 83.3 Å². The first-order valence-electron chi connectivity index (χ1n) is 13.9. The van der Waals surface area contributed by atoms with Gasteiger partial charge in [-0.2, -0.15) is 0 Å². The Bertz CT molecular complexity index is 1780. The van der Waals surface area contributed by atoms with Crippen LogP contribution in [0.1, 0.15) is 76.3 Å². The first kappa shape index (κ1) is 28.2. The van der Waals surface area contributed by atoms with Gasteiger partial charge in [0.15, 0.2) is 5.71 Å². The molecule has 0 spiro atoms. The summed E-state index contributed by atoms with van der Waals surface area (Å²) in [6.07, 6.45) is 4.51. The summed E-state index contributed by atoms with van der Waals surface area (Å²) in [5.41, 5.74) is 4.56. The second-order valence-electron chi connectivity index (χ2n) is 10.1. The molecule has 208 valence electrons. The molecule has 0 saturated carbocycles. The van der Waals surface area contributed by atoms with Crippen molar-refractivity contribution in [3.05, 3.63) is 105 Å². The molecule has 0 atom stereocenters. The molecule has 0 amide bonds. The number of aryl methyl sites for hydroxylation is 2. The van der Waals surface area contributed by atoms with Gasteiger partial charge in [0, 0.05) is 52.0 Å². The standard InChI is InChI=1S/C34H32N2O4S/c1-4-5-6-9-18-36-29-16-14-24(33(38)31-13-10-19-41-31)20-27(29)28-21-25(15-17-30(28)36)34(39)32(35-40-23(3)37)26-12-8-7-11-22(26)2/h7-8,10-17,19-21H,4-6,9,18H2,1-3H3/b35-32+. The second kappa shape index (κ2) is 12.4. The number of benzene rings is 3. The second-order valence-corrected chi connectivity index (χ2v) is 11.1. The predicted molar refractivity (Wildman–Crippen MR) is 165 cm³/mol. The minimum absolute atomic E-state index is 0.0201. The summed E-state index contributed by atoms with van der Waals surface area (Å²) in [4.78, 5) is 44.3. The third-order valence-electron chi connectivity index (χ3n) is 7.25. The van der Waals surface area contributed by atoms with Gasteiger partial charge in [-0.1, -0.05) is 61.7 Å². The number of fused-ring (bicyclic) bond motifs is 3. The van der Waals surface area contributed by atoms with Crippen molar-refractivity contribution in [3.8, 4) is 0 Å². The number of unbranched alkanes of at least 4 members (excludes halogenated alkanes) is 3. The van der Waals surface area contributed by atoms with Crippen molar-refractivity contribution in [2.75, 3.05) is 0 Å². The van der Waals surface area contributed by atoms with Gasteiger partial charge >= 0.3 is 5.97 Å². The lowest BCUT2D eigenvalue weighted by molar-refractivity contribution is -0.140. The molecule has 7 heteroatoms. The number of nitrogens with zero attached hydrogens (tertiary/aromatic N) is 2. The highest BCUT2D eigenvalue weighted by molar-refractivity contribution is 7.12. The van der Waals surface area contributed by atoms with Gasteiger partial charge in [0.1, 0.15) is 0 Å². The summed E-state index contributed by atoms with van der Waals surface area (Å²) in [6, 6.07) is 22.5. The van der Waals surface area contributed by atoms with E-state index in [1.54, 1.807) is 12.1 Å². The Balaban J connectivity index is 1.64. The molecule has 0 aliphatic heterocycles. The largest absolute Gasteiger partial charge is 0.340 e. The Morgan fingerprint density at radius 1 is 0.854 bits per heavy atom. The zero-order chi connectivity index (χ0) is 28.9. The maximum atomic E-state index is 13.9. The van der Waals surface area contributed by atoms with Crippen molar-refractivity contribution in [1.29, 1.82) is 0 Å². The van der Waals surface area contributed by atoms with Gasteiger partial charge in [0.25, 0.3) is 0 Å². The highest BCUT2D eigenvalue weighted by atomic mass is 32.1. The first-order valence-corrected chi connectivity index (χ1v) is 14.8. The third-order valence-corrected chi connectivity index (χ3v) is 8.12. The molecular formula is C34H32N2O4S. The number of hydrogen-bond acceptors (Lipinski definition) is 6. The molecule has 0 bridgehead atoms. The number of carbonyl (C=O) groups excluding carboxylic acids is 3. The molecule has 2 heterocycles. The minimum Gasteiger partial charge on any atom is -0.340 e. The van der Waals surface area contributed by atoms with Crippen molar-refractivity contribution in [2.24, 2.45) is 5.16 Å². The lowest BCUT2D eigenvalue weighted by Gasteiger charge is -2.10. The van der Waals surface area contributed by atoms with Crippen LogP contribution in [0.25, 0.3) is 21.8 Å². The maximum Gasteiger partial charge on any atom is 0.332 e. The SMILES string of the molecule is CCCCCCn1c2ccc(C(=O)/C(=N/OC(C)=O)c3ccccc3C)cc2c2cc(C(=O)c3cccs3)ccc21. The van der Waals surface area contributed by atoms with Gasteiger partial charge in [-0.05, 0) is 66.8 Å². The number of aromatic nitrogens is 1. The fourth-order valence-corrected chi connectivity index (χ4v) is 5.86. The van der Waals surface area contributed by atoms with Crippen molar-refractivity contribution < 1.29 is 19.2 Å². The average molecular weight is 565 g/mol. The number of ketones is 2. The van der Waals surface area contributed by atoms with E-state index in [1.165, 1.54) is 24.7 Å². The zero-order valence-electron chi connectivity index (χ0n) is 23.5. The minimum atomic E-state index is -0.603. The summed E-state index contributed by atoms with van der Waals surface area (Å²) >= 11 is 1.42. The lowest BCUT2D eigenvalue weighted by atomic mass is 9.96. The van der Waals surface area contributed by atoms with Crippen LogP contribution in [0.3, 0.4) is 0 Å². The van der Waals surface area contributed by atoms with E-state index in [0.29, 0.717) is 21.6 Å². The van der Waals surface area contributed by atoms with E-state index in [1.807, 2.05) is 73.0 Å². The molecule has 0 saturated heterocycles. The van der Waals surface area contributed by atoms with E-state index in [4.69, 9.17) is 4.84 Å². The smallest absolute Gasteiger partial charge is 0.332 e. The molecule has 5 rings (SSSR count). The number of Topliss-reactive ketones (excluding diaryl/α,β-unsaturated/α-hetero) is 1. The summed E-state index contributed by atoms with van der Waals surface area (Å²) < 4.78 is 2.28. The van der Waals surface area contributed by atoms with Crippen molar-refractivity contribution in [1.82, 2.24) is 4.57 Å². The Morgan fingerprint density at radius 3 is 2.22 bits per heavy atom. The van der Waals surface area contributed by atoms with Gasteiger partial charge in [0.05, 0.1) is 4.88 Å². The molecule has 0 fully saturated rings. The number of carbonyl (C=O) groups is 3. The molecule has 3 aromatic carbocycles. The maximum absolute atomic E-state index is 13.9. The molecule has 6 nitrogen and oxygen atoms in total.